The average Bonchev–Trinajstić information content (AvgIpc) is 2.29. The summed E-state index contributed by atoms with van der Waals surface area (Å²) in [7, 11) is -0.887. The zero-order valence-electron chi connectivity index (χ0n) is 7.26. The van der Waals surface area contributed by atoms with Gasteiger partial charge in [0.05, 0.1) is 12.0 Å². The molecule has 0 aliphatic carbocycles. The summed E-state index contributed by atoms with van der Waals surface area (Å²) in [5.74, 6) is 0. The van der Waals surface area contributed by atoms with Crippen LogP contribution in [0.15, 0.2) is 6.07 Å². The second kappa shape index (κ2) is 3.14. The Labute approximate surface area is 74.8 Å². The van der Waals surface area contributed by atoms with Crippen LogP contribution in [0.1, 0.15) is 11.4 Å². The molecule has 0 radical (unpaired) electrons. The van der Waals surface area contributed by atoms with E-state index in [0.717, 1.165) is 6.07 Å². The van der Waals surface area contributed by atoms with E-state index in [2.05, 4.69) is 11.4 Å². The first-order valence-electron chi connectivity index (χ1n) is 3.50. The van der Waals surface area contributed by atoms with Gasteiger partial charge in [-0.2, -0.15) is 13.2 Å². The van der Waals surface area contributed by atoms with Crippen molar-refractivity contribution in [2.45, 2.75) is 13.1 Å². The van der Waals surface area contributed by atoms with Crippen molar-refractivity contribution in [3.8, 4) is 0 Å². The fourth-order valence-corrected chi connectivity index (χ4v) is 1.79. The van der Waals surface area contributed by atoms with Crippen molar-refractivity contribution in [1.82, 2.24) is 9.55 Å². The first-order valence-corrected chi connectivity index (χ1v) is 5.43. The molecule has 0 fully saturated rings. The Kier molecular flexibility index (Phi) is 2.48. The largest absolute Gasteiger partial charge is 0.435 e. The molecule has 1 aromatic heterocycles. The minimum atomic E-state index is -4.36. The molecular formula is C7H9F3N2P+. The van der Waals surface area contributed by atoms with E-state index in [1.807, 2.05) is 0 Å². The lowest BCUT2D eigenvalue weighted by atomic mass is 10.4. The fraction of sp³-hybridized carbons (Fsp3) is 0.429. The molecule has 2 nitrogen and oxygen atoms in total. The molecule has 72 valence electrons. The van der Waals surface area contributed by atoms with Gasteiger partial charge < -0.3 is 0 Å². The van der Waals surface area contributed by atoms with Crippen LogP contribution in [0.2, 0.25) is 0 Å². The Morgan fingerprint density at radius 1 is 1.54 bits per heavy atom. The van der Waals surface area contributed by atoms with Crippen molar-refractivity contribution in [3.05, 3.63) is 17.5 Å². The van der Waals surface area contributed by atoms with Crippen LogP contribution in [-0.4, -0.2) is 22.5 Å². The summed E-state index contributed by atoms with van der Waals surface area (Å²) in [5.41, 5.74) is -0.348. The summed E-state index contributed by atoms with van der Waals surface area (Å²) in [6, 6.07) is 1.03. The Balaban J connectivity index is 3.17. The molecule has 0 aliphatic heterocycles. The number of rotatable bonds is 1. The maximum atomic E-state index is 12.2. The van der Waals surface area contributed by atoms with E-state index in [-0.39, 0.29) is 0 Å². The SMILES string of the molecule is C=[P+](C)n1nc(C(F)(F)F)cc1C. The quantitative estimate of drug-likeness (QED) is 0.650. The van der Waals surface area contributed by atoms with Crippen LogP contribution in [0, 0.1) is 6.92 Å². The van der Waals surface area contributed by atoms with E-state index >= 15 is 0 Å². The molecule has 0 amide bonds. The summed E-state index contributed by atoms with van der Waals surface area (Å²) in [6.45, 7) is 3.34. The summed E-state index contributed by atoms with van der Waals surface area (Å²) >= 11 is 0. The molecule has 0 spiro atoms. The van der Waals surface area contributed by atoms with Crippen LogP contribution < -0.4 is 0 Å². The van der Waals surface area contributed by atoms with E-state index in [0.29, 0.717) is 5.69 Å². The maximum absolute atomic E-state index is 12.2. The maximum Gasteiger partial charge on any atom is 0.435 e. The van der Waals surface area contributed by atoms with Gasteiger partial charge in [-0.3, -0.25) is 0 Å². The van der Waals surface area contributed by atoms with Gasteiger partial charge >= 0.3 is 6.18 Å². The number of hydrogen-bond donors (Lipinski definition) is 0. The number of nitrogens with zero attached hydrogens (tertiary/aromatic N) is 2. The highest BCUT2D eigenvalue weighted by Crippen LogP contribution is 2.31. The van der Waals surface area contributed by atoms with E-state index in [1.54, 1.807) is 13.6 Å². The molecule has 0 saturated heterocycles. The predicted octanol–water partition coefficient (Wildman–Crippen LogP) is 2.52. The Hall–Kier alpha value is -0.830. The molecule has 1 heterocycles. The third-order valence-electron chi connectivity index (χ3n) is 1.48. The first kappa shape index (κ1) is 10.3. The number of hydrogen-bond acceptors (Lipinski definition) is 1. The van der Waals surface area contributed by atoms with Crippen molar-refractivity contribution in [2.75, 3.05) is 6.66 Å². The van der Waals surface area contributed by atoms with E-state index in [9.17, 15) is 13.2 Å². The minimum Gasteiger partial charge on any atom is -0.164 e. The van der Waals surface area contributed by atoms with E-state index in [4.69, 9.17) is 0 Å². The van der Waals surface area contributed by atoms with Gasteiger partial charge in [0.15, 0.2) is 5.69 Å². The van der Waals surface area contributed by atoms with Crippen molar-refractivity contribution in [2.24, 2.45) is 0 Å². The first-order chi connectivity index (χ1) is 5.82. The molecule has 0 aromatic carbocycles. The lowest BCUT2D eigenvalue weighted by Crippen LogP contribution is -2.06. The summed E-state index contributed by atoms with van der Waals surface area (Å²) in [6.07, 6.45) is -0.697. The number of alkyl halides is 3. The molecule has 1 atom stereocenters. The second-order valence-electron chi connectivity index (χ2n) is 2.72. The molecule has 1 aromatic rings. The zero-order chi connectivity index (χ0) is 10.2. The lowest BCUT2D eigenvalue weighted by Gasteiger charge is -1.98. The van der Waals surface area contributed by atoms with Crippen LogP contribution in [0.3, 0.4) is 0 Å². The third kappa shape index (κ3) is 2.10. The molecule has 0 aliphatic rings. The molecule has 1 unspecified atom stereocenters. The Bertz CT molecular complexity index is 340. The van der Waals surface area contributed by atoms with Gasteiger partial charge in [-0.05, 0) is 13.0 Å². The lowest BCUT2D eigenvalue weighted by molar-refractivity contribution is -0.141. The standard InChI is InChI=1S/C7H9F3N2P/c1-5-4-6(7(8,9)10)11-12(5)13(2)3/h4H,2H2,1,3H3/q+1. The van der Waals surface area contributed by atoms with Crippen LogP contribution in [0.4, 0.5) is 13.2 Å². The molecule has 0 saturated carbocycles. The van der Waals surface area contributed by atoms with Crippen LogP contribution in [0.5, 0.6) is 0 Å². The molecule has 6 heteroatoms. The van der Waals surface area contributed by atoms with Gasteiger partial charge in [-0.25, -0.2) is 0 Å². The van der Waals surface area contributed by atoms with E-state index < -0.39 is 19.6 Å². The normalized spacial score (nSPS) is 13.2. The highest BCUT2D eigenvalue weighted by molar-refractivity contribution is 7.53. The summed E-state index contributed by atoms with van der Waals surface area (Å²) in [5, 5.41) is 3.44. The van der Waals surface area contributed by atoms with Crippen LogP contribution in [-0.2, 0) is 6.18 Å². The number of aromatic nitrogens is 2. The van der Waals surface area contributed by atoms with Gasteiger partial charge in [0.1, 0.15) is 6.66 Å². The fourth-order valence-electron chi connectivity index (χ4n) is 0.950. The van der Waals surface area contributed by atoms with Gasteiger partial charge in [-0.15, -0.1) is 5.10 Å². The minimum absolute atomic E-state index is 0.496. The second-order valence-corrected chi connectivity index (χ2v) is 4.41. The number of aryl methyl sites for hydroxylation is 1. The zero-order valence-corrected chi connectivity index (χ0v) is 8.15. The van der Waals surface area contributed by atoms with Crippen LogP contribution >= 0.6 is 7.70 Å². The van der Waals surface area contributed by atoms with Gasteiger partial charge in [0.2, 0.25) is 7.70 Å². The third-order valence-corrected chi connectivity index (χ3v) is 2.53. The average molecular weight is 209 g/mol. The highest BCUT2D eigenvalue weighted by atomic mass is 31.1. The van der Waals surface area contributed by atoms with Crippen molar-refractivity contribution < 1.29 is 13.2 Å². The van der Waals surface area contributed by atoms with Gasteiger partial charge in [0.25, 0.3) is 0 Å². The van der Waals surface area contributed by atoms with Gasteiger partial charge in [0, 0.05) is 0 Å². The Morgan fingerprint density at radius 2 is 2.08 bits per heavy atom. The van der Waals surface area contributed by atoms with Crippen molar-refractivity contribution in [1.29, 1.82) is 0 Å². The molecule has 1 rings (SSSR count). The summed E-state index contributed by atoms with van der Waals surface area (Å²) < 4.78 is 37.8. The summed E-state index contributed by atoms with van der Waals surface area (Å²) in [4.78, 5) is 0. The topological polar surface area (TPSA) is 17.8 Å². The predicted molar refractivity (Wildman–Crippen MR) is 47.3 cm³/mol. The van der Waals surface area contributed by atoms with Crippen molar-refractivity contribution >= 4 is 14.0 Å². The highest BCUT2D eigenvalue weighted by Gasteiger charge is 2.35. The molecule has 0 N–H and O–H groups in total. The molecule has 13 heavy (non-hydrogen) atoms. The molecule has 0 bridgehead atoms. The van der Waals surface area contributed by atoms with Crippen molar-refractivity contribution in [3.63, 3.8) is 0 Å². The monoisotopic (exact) mass is 209 g/mol. The van der Waals surface area contributed by atoms with Crippen LogP contribution in [0.25, 0.3) is 0 Å². The number of halogens is 3. The molecular weight excluding hydrogens is 200 g/mol. The Morgan fingerprint density at radius 3 is 2.31 bits per heavy atom. The van der Waals surface area contributed by atoms with Gasteiger partial charge in [-0.1, -0.05) is 4.45 Å². The smallest absolute Gasteiger partial charge is 0.164 e. The van der Waals surface area contributed by atoms with E-state index in [1.165, 1.54) is 4.45 Å².